The minimum Gasteiger partial charge on any atom is -0.396 e. The highest BCUT2D eigenvalue weighted by atomic mass is 16.5. The number of ether oxygens (including phenoxy) is 1. The van der Waals surface area contributed by atoms with Crippen molar-refractivity contribution >= 4 is 0 Å². The number of hydrogen-bond donors (Lipinski definition) is 1. The van der Waals surface area contributed by atoms with Gasteiger partial charge in [0.2, 0.25) is 0 Å². The Kier molecular flexibility index (Phi) is 7.77. The summed E-state index contributed by atoms with van der Waals surface area (Å²) in [6, 6.07) is 0. The predicted octanol–water partition coefficient (Wildman–Crippen LogP) is 0.206. The fourth-order valence-corrected chi connectivity index (χ4v) is 0.430. The van der Waals surface area contributed by atoms with Gasteiger partial charge in [0, 0.05) is 19.8 Å². The third-order valence-corrected chi connectivity index (χ3v) is 0.880. The van der Waals surface area contributed by atoms with Gasteiger partial charge in [-0.05, 0) is 12.8 Å². The quantitative estimate of drug-likeness (QED) is 0.526. The SMILES string of the molecule is [O]CCCOCCCO. The van der Waals surface area contributed by atoms with Gasteiger partial charge >= 0.3 is 0 Å². The molecular formula is C6H13O3. The molecule has 0 aromatic heterocycles. The second-order valence-corrected chi connectivity index (χ2v) is 1.75. The van der Waals surface area contributed by atoms with Crippen molar-refractivity contribution in [1.82, 2.24) is 0 Å². The first-order chi connectivity index (χ1) is 4.41. The molecular weight excluding hydrogens is 120 g/mol. The Morgan fingerprint density at radius 2 is 1.89 bits per heavy atom. The number of aliphatic hydroxyl groups is 1. The maximum absolute atomic E-state index is 9.83. The first-order valence-electron chi connectivity index (χ1n) is 3.18. The fourth-order valence-electron chi connectivity index (χ4n) is 0.430. The summed E-state index contributed by atoms with van der Waals surface area (Å²) in [5, 5.41) is 18.1. The van der Waals surface area contributed by atoms with Gasteiger partial charge in [-0.3, -0.25) is 0 Å². The average Bonchev–Trinajstić information content (AvgIpc) is 1.89. The van der Waals surface area contributed by atoms with E-state index in [1.54, 1.807) is 0 Å². The molecule has 0 atom stereocenters. The molecule has 1 N–H and O–H groups in total. The molecule has 1 radical (unpaired) electrons. The van der Waals surface area contributed by atoms with Crippen molar-refractivity contribution in [2.75, 3.05) is 26.4 Å². The highest BCUT2D eigenvalue weighted by molar-refractivity contribution is 4.33. The van der Waals surface area contributed by atoms with E-state index in [1.807, 2.05) is 0 Å². The van der Waals surface area contributed by atoms with Crippen molar-refractivity contribution in [3.8, 4) is 0 Å². The lowest BCUT2D eigenvalue weighted by Gasteiger charge is -1.98. The predicted molar refractivity (Wildman–Crippen MR) is 32.7 cm³/mol. The van der Waals surface area contributed by atoms with Gasteiger partial charge in [-0.2, -0.15) is 0 Å². The van der Waals surface area contributed by atoms with Crippen LogP contribution in [-0.4, -0.2) is 31.5 Å². The zero-order chi connectivity index (χ0) is 6.95. The van der Waals surface area contributed by atoms with Gasteiger partial charge in [0.25, 0.3) is 0 Å². The molecule has 9 heavy (non-hydrogen) atoms. The summed E-state index contributed by atoms with van der Waals surface area (Å²) in [6.45, 7) is 1.19. The highest BCUT2D eigenvalue weighted by Gasteiger charge is 1.86. The van der Waals surface area contributed by atoms with Gasteiger partial charge < -0.3 is 9.84 Å². The minimum absolute atomic E-state index is 0.0703. The van der Waals surface area contributed by atoms with Gasteiger partial charge in [-0.15, -0.1) is 0 Å². The normalized spacial score (nSPS) is 10.0. The van der Waals surface area contributed by atoms with E-state index in [0.29, 0.717) is 26.1 Å². The molecule has 0 fully saturated rings. The maximum Gasteiger partial charge on any atom is 0.0844 e. The fraction of sp³-hybridized carbons (Fsp3) is 1.00. The zero-order valence-corrected chi connectivity index (χ0v) is 5.51. The van der Waals surface area contributed by atoms with Crippen molar-refractivity contribution in [2.24, 2.45) is 0 Å². The Hall–Kier alpha value is -0.120. The van der Waals surface area contributed by atoms with Crippen LogP contribution in [-0.2, 0) is 9.84 Å². The van der Waals surface area contributed by atoms with Crippen molar-refractivity contribution in [2.45, 2.75) is 12.8 Å². The molecule has 0 aromatic rings. The van der Waals surface area contributed by atoms with Crippen LogP contribution in [0.15, 0.2) is 0 Å². The number of hydrogen-bond acceptors (Lipinski definition) is 2. The summed E-state index contributed by atoms with van der Waals surface area (Å²) in [5.74, 6) is 0. The molecule has 0 heterocycles. The van der Waals surface area contributed by atoms with E-state index in [9.17, 15) is 5.11 Å². The zero-order valence-electron chi connectivity index (χ0n) is 5.51. The molecule has 0 unspecified atom stereocenters. The summed E-state index contributed by atoms with van der Waals surface area (Å²) >= 11 is 0. The Bertz CT molecular complexity index is 41.6. The van der Waals surface area contributed by atoms with Crippen LogP contribution >= 0.6 is 0 Å². The molecule has 0 aliphatic carbocycles. The molecule has 0 bridgehead atoms. The van der Waals surface area contributed by atoms with Gasteiger partial charge in [0.1, 0.15) is 0 Å². The van der Waals surface area contributed by atoms with Crippen LogP contribution in [0.1, 0.15) is 12.8 Å². The molecule has 0 saturated heterocycles. The summed E-state index contributed by atoms with van der Waals surface area (Å²) in [7, 11) is 0. The van der Waals surface area contributed by atoms with E-state index in [4.69, 9.17) is 9.84 Å². The lowest BCUT2D eigenvalue weighted by Crippen LogP contribution is -1.99. The van der Waals surface area contributed by atoms with E-state index >= 15 is 0 Å². The van der Waals surface area contributed by atoms with Crippen molar-refractivity contribution < 1.29 is 14.9 Å². The summed E-state index contributed by atoms with van der Waals surface area (Å²) in [6.07, 6.45) is 1.24. The Morgan fingerprint density at radius 3 is 2.44 bits per heavy atom. The molecule has 0 aliphatic rings. The standard InChI is InChI=1S/C6H13O3/c7-3-1-5-9-6-2-4-8/h7H,1-6H2. The van der Waals surface area contributed by atoms with Gasteiger partial charge in [-0.1, -0.05) is 0 Å². The Balaban J connectivity index is 2.60. The summed E-state index contributed by atoms with van der Waals surface area (Å²) in [4.78, 5) is 0. The van der Waals surface area contributed by atoms with Crippen LogP contribution in [0.5, 0.6) is 0 Å². The van der Waals surface area contributed by atoms with E-state index in [2.05, 4.69) is 0 Å². The van der Waals surface area contributed by atoms with E-state index in [0.717, 1.165) is 0 Å². The van der Waals surface area contributed by atoms with Gasteiger partial charge in [0.05, 0.1) is 6.61 Å². The number of rotatable bonds is 6. The molecule has 3 nitrogen and oxygen atoms in total. The van der Waals surface area contributed by atoms with Crippen LogP contribution in [0.25, 0.3) is 0 Å². The smallest absolute Gasteiger partial charge is 0.0844 e. The molecule has 0 amide bonds. The highest BCUT2D eigenvalue weighted by Crippen LogP contribution is 1.83. The van der Waals surface area contributed by atoms with Crippen molar-refractivity contribution in [3.63, 3.8) is 0 Å². The molecule has 0 aromatic carbocycles. The lowest BCUT2D eigenvalue weighted by molar-refractivity contribution is 0.0889. The Labute approximate surface area is 55.3 Å². The average molecular weight is 133 g/mol. The summed E-state index contributed by atoms with van der Waals surface area (Å²) < 4.78 is 4.95. The van der Waals surface area contributed by atoms with Crippen LogP contribution in [0.2, 0.25) is 0 Å². The van der Waals surface area contributed by atoms with Crippen LogP contribution in [0.3, 0.4) is 0 Å². The molecule has 0 spiro atoms. The maximum atomic E-state index is 9.83. The summed E-state index contributed by atoms with van der Waals surface area (Å²) in [5.41, 5.74) is 0. The first-order valence-corrected chi connectivity index (χ1v) is 3.18. The third kappa shape index (κ3) is 7.88. The third-order valence-electron chi connectivity index (χ3n) is 0.880. The van der Waals surface area contributed by atoms with Crippen molar-refractivity contribution in [3.05, 3.63) is 0 Å². The second-order valence-electron chi connectivity index (χ2n) is 1.75. The van der Waals surface area contributed by atoms with E-state index in [1.165, 1.54) is 0 Å². The minimum atomic E-state index is -0.0703. The molecule has 0 rings (SSSR count). The topological polar surface area (TPSA) is 49.4 Å². The largest absolute Gasteiger partial charge is 0.396 e. The monoisotopic (exact) mass is 133 g/mol. The molecule has 3 heteroatoms. The second kappa shape index (κ2) is 7.88. The van der Waals surface area contributed by atoms with Gasteiger partial charge in [-0.25, -0.2) is 5.11 Å². The van der Waals surface area contributed by atoms with E-state index < -0.39 is 0 Å². The van der Waals surface area contributed by atoms with Crippen LogP contribution in [0, 0.1) is 0 Å². The van der Waals surface area contributed by atoms with Crippen LogP contribution < -0.4 is 0 Å². The molecule has 55 valence electrons. The molecule has 0 saturated carbocycles. The van der Waals surface area contributed by atoms with Crippen molar-refractivity contribution in [1.29, 1.82) is 0 Å². The van der Waals surface area contributed by atoms with Crippen LogP contribution in [0.4, 0.5) is 0 Å². The lowest BCUT2D eigenvalue weighted by atomic mass is 10.5. The number of aliphatic hydroxyl groups excluding tert-OH is 1. The molecule has 0 aliphatic heterocycles. The van der Waals surface area contributed by atoms with Gasteiger partial charge in [0.15, 0.2) is 0 Å². The first kappa shape index (κ1) is 8.88. The van der Waals surface area contributed by atoms with E-state index in [-0.39, 0.29) is 13.2 Å². The Morgan fingerprint density at radius 1 is 1.22 bits per heavy atom.